The van der Waals surface area contributed by atoms with Crippen molar-refractivity contribution in [3.8, 4) is 11.8 Å². The summed E-state index contributed by atoms with van der Waals surface area (Å²) in [5.41, 5.74) is -0.198. The predicted octanol–water partition coefficient (Wildman–Crippen LogP) is 1.08. The number of piperazine rings is 1. The van der Waals surface area contributed by atoms with E-state index in [4.69, 9.17) is 9.84 Å². The molecule has 0 aromatic carbocycles. The van der Waals surface area contributed by atoms with Gasteiger partial charge in [-0.05, 0) is 26.7 Å². The molecule has 1 saturated heterocycles. The van der Waals surface area contributed by atoms with Crippen LogP contribution in [0.2, 0.25) is 0 Å². The van der Waals surface area contributed by atoms with E-state index >= 15 is 0 Å². The number of hydrogen-bond donors (Lipinski definition) is 1. The summed E-state index contributed by atoms with van der Waals surface area (Å²) in [4.78, 5) is 34.3. The number of carbonyl (C=O) groups is 2. The van der Waals surface area contributed by atoms with Gasteiger partial charge in [-0.15, -0.1) is 0 Å². The number of hydrogen-bond acceptors (Lipinski definition) is 6. The molecule has 1 aliphatic rings. The number of rotatable bonds is 2. The van der Waals surface area contributed by atoms with Gasteiger partial charge in [0.25, 0.3) is 0 Å². The van der Waals surface area contributed by atoms with Gasteiger partial charge in [0.15, 0.2) is 5.69 Å². The van der Waals surface area contributed by atoms with E-state index in [0.717, 1.165) is 0 Å². The quantitative estimate of drug-likeness (QED) is 0.801. The Morgan fingerprint density at radius 1 is 1.24 bits per heavy atom. The zero-order chi connectivity index (χ0) is 18.4. The molecule has 1 aromatic heterocycles. The highest BCUT2D eigenvalue weighted by Gasteiger charge is 2.25. The number of carboxylic acid groups (broad SMARTS) is 1. The van der Waals surface area contributed by atoms with Crippen LogP contribution in [0.5, 0.6) is 0 Å². The van der Waals surface area contributed by atoms with Gasteiger partial charge in [0.2, 0.25) is 0 Å². The molecule has 1 fully saturated rings. The normalized spacial score (nSPS) is 15.2. The van der Waals surface area contributed by atoms with Crippen LogP contribution in [-0.2, 0) is 4.74 Å². The highest BCUT2D eigenvalue weighted by molar-refractivity contribution is 5.85. The van der Waals surface area contributed by atoms with Gasteiger partial charge < -0.3 is 14.7 Å². The SMILES string of the molecule is CC(C)(C)OC(=O)N1CCN(CC#Cc2cc(C(=O)O)ncn2)CC1. The van der Waals surface area contributed by atoms with E-state index in [-0.39, 0.29) is 11.8 Å². The van der Waals surface area contributed by atoms with Gasteiger partial charge in [-0.25, -0.2) is 19.6 Å². The maximum atomic E-state index is 12.0. The molecule has 1 amide bonds. The molecule has 0 atom stereocenters. The van der Waals surface area contributed by atoms with Gasteiger partial charge in [-0.3, -0.25) is 4.90 Å². The molecule has 0 aliphatic carbocycles. The van der Waals surface area contributed by atoms with Crippen LogP contribution in [0.25, 0.3) is 0 Å². The Kier molecular flexibility index (Phi) is 5.93. The monoisotopic (exact) mass is 346 g/mol. The Hall–Kier alpha value is -2.66. The molecule has 0 saturated carbocycles. The number of aromatic nitrogens is 2. The molecule has 0 unspecified atom stereocenters. The van der Waals surface area contributed by atoms with Gasteiger partial charge >= 0.3 is 12.1 Å². The van der Waals surface area contributed by atoms with E-state index in [2.05, 4.69) is 26.7 Å². The van der Waals surface area contributed by atoms with Crippen molar-refractivity contribution in [3.63, 3.8) is 0 Å². The van der Waals surface area contributed by atoms with Crippen molar-refractivity contribution >= 4 is 12.1 Å². The smallest absolute Gasteiger partial charge is 0.410 e. The predicted molar refractivity (Wildman–Crippen MR) is 90.1 cm³/mol. The number of nitrogens with zero attached hydrogens (tertiary/aromatic N) is 4. The van der Waals surface area contributed by atoms with Crippen LogP contribution in [0.1, 0.15) is 37.0 Å². The average molecular weight is 346 g/mol. The molecule has 2 heterocycles. The zero-order valence-electron chi connectivity index (χ0n) is 14.7. The van der Waals surface area contributed by atoms with Gasteiger partial charge in [0.05, 0.1) is 6.54 Å². The highest BCUT2D eigenvalue weighted by Crippen LogP contribution is 2.11. The fourth-order valence-electron chi connectivity index (χ4n) is 2.20. The molecule has 1 aliphatic heterocycles. The number of amides is 1. The second-order valence-electron chi connectivity index (χ2n) is 6.64. The molecule has 134 valence electrons. The molecular formula is C17H22N4O4. The van der Waals surface area contributed by atoms with Crippen LogP contribution in [0.3, 0.4) is 0 Å². The Bertz CT molecular complexity index is 695. The first-order chi connectivity index (χ1) is 11.7. The van der Waals surface area contributed by atoms with Gasteiger partial charge in [-0.2, -0.15) is 0 Å². The largest absolute Gasteiger partial charge is 0.477 e. The van der Waals surface area contributed by atoms with Crippen LogP contribution < -0.4 is 0 Å². The van der Waals surface area contributed by atoms with E-state index in [9.17, 15) is 9.59 Å². The third kappa shape index (κ3) is 6.04. The van der Waals surface area contributed by atoms with Crippen LogP contribution in [0.4, 0.5) is 4.79 Å². The van der Waals surface area contributed by atoms with Crippen molar-refractivity contribution < 1.29 is 19.4 Å². The topological polar surface area (TPSA) is 95.9 Å². The molecule has 8 heteroatoms. The standard InChI is InChI=1S/C17H22N4O4/c1-17(2,3)25-16(24)21-9-7-20(8-10-21)6-4-5-13-11-14(15(22)23)19-12-18-13/h11-12H,6-10H2,1-3H3,(H,22,23). The molecule has 0 spiro atoms. The Morgan fingerprint density at radius 3 is 2.52 bits per heavy atom. The van der Waals surface area contributed by atoms with E-state index in [1.54, 1.807) is 4.90 Å². The lowest BCUT2D eigenvalue weighted by molar-refractivity contribution is 0.0155. The van der Waals surface area contributed by atoms with Crippen molar-refractivity contribution in [2.24, 2.45) is 0 Å². The van der Waals surface area contributed by atoms with Gasteiger partial charge in [0, 0.05) is 32.2 Å². The average Bonchev–Trinajstić information content (AvgIpc) is 2.54. The number of ether oxygens (including phenoxy) is 1. The van der Waals surface area contributed by atoms with Crippen LogP contribution in [-0.4, -0.2) is 75.3 Å². The molecule has 0 radical (unpaired) electrons. The third-order valence-corrected chi connectivity index (χ3v) is 3.43. The van der Waals surface area contributed by atoms with Crippen molar-refractivity contribution in [2.45, 2.75) is 26.4 Å². The van der Waals surface area contributed by atoms with Crippen molar-refractivity contribution in [2.75, 3.05) is 32.7 Å². The molecular weight excluding hydrogens is 324 g/mol. The van der Waals surface area contributed by atoms with E-state index < -0.39 is 11.6 Å². The molecule has 1 aromatic rings. The summed E-state index contributed by atoms with van der Waals surface area (Å²) in [7, 11) is 0. The maximum absolute atomic E-state index is 12.0. The van der Waals surface area contributed by atoms with E-state index in [1.165, 1.54) is 12.4 Å². The molecule has 0 bridgehead atoms. The lowest BCUT2D eigenvalue weighted by Crippen LogP contribution is -2.50. The number of aromatic carboxylic acids is 1. The van der Waals surface area contributed by atoms with Gasteiger partial charge in [-0.1, -0.05) is 5.92 Å². The van der Waals surface area contributed by atoms with Crippen molar-refractivity contribution in [1.82, 2.24) is 19.8 Å². The maximum Gasteiger partial charge on any atom is 0.410 e. The van der Waals surface area contributed by atoms with E-state index in [1.807, 2.05) is 20.8 Å². The third-order valence-electron chi connectivity index (χ3n) is 3.43. The fraction of sp³-hybridized carbons (Fsp3) is 0.529. The minimum atomic E-state index is -1.11. The zero-order valence-corrected chi connectivity index (χ0v) is 14.7. The first kappa shape index (κ1) is 18.7. The number of carbonyl (C=O) groups excluding carboxylic acids is 1. The lowest BCUT2D eigenvalue weighted by atomic mass is 10.2. The lowest BCUT2D eigenvalue weighted by Gasteiger charge is -2.34. The second-order valence-corrected chi connectivity index (χ2v) is 6.64. The van der Waals surface area contributed by atoms with Crippen molar-refractivity contribution in [1.29, 1.82) is 0 Å². The van der Waals surface area contributed by atoms with Crippen LogP contribution in [0, 0.1) is 11.8 Å². The summed E-state index contributed by atoms with van der Waals surface area (Å²) in [6.45, 7) is 8.66. The number of carboxylic acids is 1. The fourth-order valence-corrected chi connectivity index (χ4v) is 2.20. The van der Waals surface area contributed by atoms with Crippen LogP contribution >= 0.6 is 0 Å². The Labute approximate surface area is 146 Å². The second kappa shape index (κ2) is 7.94. The first-order valence-corrected chi connectivity index (χ1v) is 7.99. The highest BCUT2D eigenvalue weighted by atomic mass is 16.6. The van der Waals surface area contributed by atoms with Gasteiger partial charge in [0.1, 0.15) is 17.6 Å². The first-order valence-electron chi connectivity index (χ1n) is 7.99. The summed E-state index contributed by atoms with van der Waals surface area (Å²) in [6.07, 6.45) is 0.896. The molecule has 25 heavy (non-hydrogen) atoms. The summed E-state index contributed by atoms with van der Waals surface area (Å²) < 4.78 is 5.36. The molecule has 8 nitrogen and oxygen atoms in total. The minimum Gasteiger partial charge on any atom is -0.477 e. The Balaban J connectivity index is 1.82. The molecule has 1 N–H and O–H groups in total. The Morgan fingerprint density at radius 2 is 1.92 bits per heavy atom. The van der Waals surface area contributed by atoms with Crippen LogP contribution in [0.15, 0.2) is 12.4 Å². The summed E-state index contributed by atoms with van der Waals surface area (Å²) in [5.74, 6) is 4.71. The van der Waals surface area contributed by atoms with E-state index in [0.29, 0.717) is 38.4 Å². The summed E-state index contributed by atoms with van der Waals surface area (Å²) in [6, 6.07) is 1.34. The summed E-state index contributed by atoms with van der Waals surface area (Å²) >= 11 is 0. The minimum absolute atomic E-state index is 0.0784. The van der Waals surface area contributed by atoms with Crippen molar-refractivity contribution in [3.05, 3.63) is 23.8 Å². The molecule has 2 rings (SSSR count). The summed E-state index contributed by atoms with van der Waals surface area (Å²) in [5, 5.41) is 8.89.